The highest BCUT2D eigenvalue weighted by Gasteiger charge is 2.06. The van der Waals surface area contributed by atoms with Gasteiger partial charge >= 0.3 is 5.97 Å². The molecule has 0 radical (unpaired) electrons. The molecule has 0 aromatic carbocycles. The standard InChI is InChI=1S/C9H15NO2/c1-2-12-9(11)7-8-3-5-10-6-4-8/h7,10H,2-6H2,1H3. The van der Waals surface area contributed by atoms with Crippen LogP contribution in [0.2, 0.25) is 0 Å². The summed E-state index contributed by atoms with van der Waals surface area (Å²) in [6, 6.07) is 0. The molecule has 0 amide bonds. The molecule has 0 aromatic rings. The quantitative estimate of drug-likeness (QED) is 0.492. The van der Waals surface area contributed by atoms with Crippen LogP contribution >= 0.6 is 0 Å². The lowest BCUT2D eigenvalue weighted by Gasteiger charge is -2.14. The Labute approximate surface area is 72.8 Å². The molecule has 0 aliphatic carbocycles. The third-order valence-electron chi connectivity index (χ3n) is 1.85. The molecule has 0 aromatic heterocycles. The van der Waals surface area contributed by atoms with Gasteiger partial charge in [0.2, 0.25) is 0 Å². The van der Waals surface area contributed by atoms with E-state index in [1.54, 1.807) is 6.08 Å². The summed E-state index contributed by atoms with van der Waals surface area (Å²) < 4.78 is 4.81. The van der Waals surface area contributed by atoms with Gasteiger partial charge in [0.25, 0.3) is 0 Å². The van der Waals surface area contributed by atoms with E-state index in [0.717, 1.165) is 25.9 Å². The van der Waals surface area contributed by atoms with E-state index in [-0.39, 0.29) is 5.97 Å². The van der Waals surface area contributed by atoms with Crippen molar-refractivity contribution in [1.29, 1.82) is 0 Å². The summed E-state index contributed by atoms with van der Waals surface area (Å²) in [6.07, 6.45) is 3.57. The van der Waals surface area contributed by atoms with Crippen molar-refractivity contribution in [3.63, 3.8) is 0 Å². The van der Waals surface area contributed by atoms with Gasteiger partial charge in [-0.2, -0.15) is 0 Å². The third-order valence-corrected chi connectivity index (χ3v) is 1.85. The Kier molecular flexibility index (Phi) is 3.80. The van der Waals surface area contributed by atoms with Crippen LogP contribution in [0.5, 0.6) is 0 Å². The van der Waals surface area contributed by atoms with Crippen LogP contribution in [-0.4, -0.2) is 25.7 Å². The molecule has 12 heavy (non-hydrogen) atoms. The Morgan fingerprint density at radius 1 is 1.58 bits per heavy atom. The minimum Gasteiger partial charge on any atom is -0.463 e. The molecule has 1 fully saturated rings. The summed E-state index contributed by atoms with van der Waals surface area (Å²) in [5.41, 5.74) is 1.20. The third kappa shape index (κ3) is 3.05. The van der Waals surface area contributed by atoms with Crippen LogP contribution in [-0.2, 0) is 9.53 Å². The fraction of sp³-hybridized carbons (Fsp3) is 0.667. The van der Waals surface area contributed by atoms with Crippen molar-refractivity contribution >= 4 is 5.97 Å². The monoisotopic (exact) mass is 169 g/mol. The first-order valence-electron chi connectivity index (χ1n) is 4.40. The average Bonchev–Trinajstić information content (AvgIpc) is 2.06. The minimum absolute atomic E-state index is 0.200. The number of piperidine rings is 1. The van der Waals surface area contributed by atoms with Gasteiger partial charge in [0.1, 0.15) is 0 Å². The van der Waals surface area contributed by atoms with Crippen molar-refractivity contribution < 1.29 is 9.53 Å². The first-order chi connectivity index (χ1) is 5.83. The SMILES string of the molecule is CCOC(=O)C=C1CCNCC1. The number of hydrogen-bond acceptors (Lipinski definition) is 3. The van der Waals surface area contributed by atoms with E-state index in [0.29, 0.717) is 6.61 Å². The molecule has 1 N–H and O–H groups in total. The summed E-state index contributed by atoms with van der Waals surface area (Å²) in [5, 5.41) is 3.23. The molecular weight excluding hydrogens is 154 g/mol. The van der Waals surface area contributed by atoms with Gasteiger partial charge in [-0.1, -0.05) is 5.57 Å². The lowest BCUT2D eigenvalue weighted by atomic mass is 10.1. The van der Waals surface area contributed by atoms with E-state index in [1.165, 1.54) is 5.57 Å². The van der Waals surface area contributed by atoms with Crippen LogP contribution in [0.25, 0.3) is 0 Å². The molecule has 3 heteroatoms. The van der Waals surface area contributed by atoms with Crippen LogP contribution in [0.15, 0.2) is 11.6 Å². The van der Waals surface area contributed by atoms with E-state index < -0.39 is 0 Å². The zero-order valence-corrected chi connectivity index (χ0v) is 7.43. The largest absolute Gasteiger partial charge is 0.463 e. The second-order valence-corrected chi connectivity index (χ2v) is 2.80. The number of hydrogen-bond donors (Lipinski definition) is 1. The predicted octanol–water partition coefficient (Wildman–Crippen LogP) is 0.859. The predicted molar refractivity (Wildman–Crippen MR) is 46.8 cm³/mol. The lowest BCUT2D eigenvalue weighted by Crippen LogP contribution is -2.23. The molecule has 0 spiro atoms. The maximum Gasteiger partial charge on any atom is 0.330 e. The maximum absolute atomic E-state index is 11.0. The Morgan fingerprint density at radius 2 is 2.25 bits per heavy atom. The highest BCUT2D eigenvalue weighted by molar-refractivity contribution is 5.82. The van der Waals surface area contributed by atoms with Crippen molar-refractivity contribution in [2.45, 2.75) is 19.8 Å². The second kappa shape index (κ2) is 4.93. The first-order valence-corrected chi connectivity index (χ1v) is 4.40. The second-order valence-electron chi connectivity index (χ2n) is 2.80. The zero-order chi connectivity index (χ0) is 8.81. The number of esters is 1. The van der Waals surface area contributed by atoms with Gasteiger partial charge in [0, 0.05) is 6.08 Å². The van der Waals surface area contributed by atoms with Gasteiger partial charge < -0.3 is 10.1 Å². The smallest absolute Gasteiger partial charge is 0.330 e. The average molecular weight is 169 g/mol. The normalized spacial score (nSPS) is 17.2. The molecule has 1 saturated heterocycles. The molecule has 1 rings (SSSR count). The van der Waals surface area contributed by atoms with Crippen molar-refractivity contribution in [1.82, 2.24) is 5.32 Å². The van der Waals surface area contributed by atoms with Crippen molar-refractivity contribution in [3.05, 3.63) is 11.6 Å². The van der Waals surface area contributed by atoms with Gasteiger partial charge in [0.15, 0.2) is 0 Å². The summed E-state index contributed by atoms with van der Waals surface area (Å²) in [7, 11) is 0. The minimum atomic E-state index is -0.200. The van der Waals surface area contributed by atoms with Crippen molar-refractivity contribution in [2.75, 3.05) is 19.7 Å². The first kappa shape index (κ1) is 9.26. The van der Waals surface area contributed by atoms with Crippen LogP contribution in [0.4, 0.5) is 0 Å². The summed E-state index contributed by atoms with van der Waals surface area (Å²) >= 11 is 0. The highest BCUT2D eigenvalue weighted by Crippen LogP contribution is 2.09. The fourth-order valence-electron chi connectivity index (χ4n) is 1.24. The van der Waals surface area contributed by atoms with Gasteiger partial charge in [-0.05, 0) is 32.9 Å². The van der Waals surface area contributed by atoms with E-state index in [1.807, 2.05) is 6.92 Å². The van der Waals surface area contributed by atoms with E-state index in [9.17, 15) is 4.79 Å². The fourth-order valence-corrected chi connectivity index (χ4v) is 1.24. The Morgan fingerprint density at radius 3 is 2.83 bits per heavy atom. The molecule has 1 aliphatic rings. The Hall–Kier alpha value is -0.830. The van der Waals surface area contributed by atoms with Crippen LogP contribution in [0, 0.1) is 0 Å². The molecule has 1 heterocycles. The van der Waals surface area contributed by atoms with Crippen molar-refractivity contribution in [3.8, 4) is 0 Å². The number of carbonyl (C=O) groups excluding carboxylic acids is 1. The van der Waals surface area contributed by atoms with Gasteiger partial charge in [-0.3, -0.25) is 0 Å². The number of carbonyl (C=O) groups is 1. The van der Waals surface area contributed by atoms with Crippen LogP contribution in [0.3, 0.4) is 0 Å². The molecule has 3 nitrogen and oxygen atoms in total. The van der Waals surface area contributed by atoms with Gasteiger partial charge in [-0.15, -0.1) is 0 Å². The van der Waals surface area contributed by atoms with E-state index in [4.69, 9.17) is 4.74 Å². The number of rotatable bonds is 2. The molecule has 0 saturated carbocycles. The van der Waals surface area contributed by atoms with Crippen LogP contribution in [0.1, 0.15) is 19.8 Å². The molecular formula is C9H15NO2. The maximum atomic E-state index is 11.0. The molecule has 68 valence electrons. The Bertz CT molecular complexity index is 179. The highest BCUT2D eigenvalue weighted by atomic mass is 16.5. The summed E-state index contributed by atoms with van der Waals surface area (Å²) in [5.74, 6) is -0.200. The molecule has 1 aliphatic heterocycles. The lowest BCUT2D eigenvalue weighted by molar-refractivity contribution is -0.137. The van der Waals surface area contributed by atoms with E-state index in [2.05, 4.69) is 5.32 Å². The molecule has 0 unspecified atom stereocenters. The molecule has 0 atom stereocenters. The van der Waals surface area contributed by atoms with Gasteiger partial charge in [0.05, 0.1) is 6.61 Å². The van der Waals surface area contributed by atoms with Gasteiger partial charge in [-0.25, -0.2) is 4.79 Å². The Balaban J connectivity index is 2.37. The molecule has 0 bridgehead atoms. The summed E-state index contributed by atoms with van der Waals surface area (Å²) in [4.78, 5) is 11.0. The number of nitrogens with one attached hydrogen (secondary N) is 1. The van der Waals surface area contributed by atoms with Crippen LogP contribution < -0.4 is 5.32 Å². The topological polar surface area (TPSA) is 38.3 Å². The van der Waals surface area contributed by atoms with E-state index >= 15 is 0 Å². The summed E-state index contributed by atoms with van der Waals surface area (Å²) in [6.45, 7) is 4.23. The van der Waals surface area contributed by atoms with Crippen molar-refractivity contribution in [2.24, 2.45) is 0 Å². The zero-order valence-electron chi connectivity index (χ0n) is 7.43. The number of ether oxygens (including phenoxy) is 1.